The van der Waals surface area contributed by atoms with Crippen molar-refractivity contribution < 1.29 is 9.90 Å². The van der Waals surface area contributed by atoms with Crippen molar-refractivity contribution in [2.75, 3.05) is 0 Å². The number of hydrogen-bond donors (Lipinski definition) is 2. The monoisotopic (exact) mass is 256 g/mol. The zero-order valence-electron chi connectivity index (χ0n) is 10.5. The smallest absolute Gasteiger partial charge is 0.371 e. The number of aryl methyl sites for hydroxylation is 2. The predicted molar refractivity (Wildman–Crippen MR) is 70.0 cm³/mol. The van der Waals surface area contributed by atoms with E-state index in [1.54, 1.807) is 0 Å². The van der Waals surface area contributed by atoms with Gasteiger partial charge in [0.15, 0.2) is 0 Å². The molecule has 0 atom stereocenters. The number of aromatic amines is 1. The summed E-state index contributed by atoms with van der Waals surface area (Å²) in [7, 11) is 1.96. The average molecular weight is 256 g/mol. The Kier molecular flexibility index (Phi) is 2.38. The SMILES string of the molecule is Cc1nc2cc(-c3cnc(C(=O)O)[nH]3)ccc2n1C. The highest BCUT2D eigenvalue weighted by molar-refractivity contribution is 5.85. The van der Waals surface area contributed by atoms with E-state index in [-0.39, 0.29) is 5.82 Å². The van der Waals surface area contributed by atoms with Crippen LogP contribution in [0.1, 0.15) is 16.4 Å². The molecule has 2 aromatic heterocycles. The first-order chi connectivity index (χ1) is 9.06. The van der Waals surface area contributed by atoms with Gasteiger partial charge in [0, 0.05) is 12.6 Å². The van der Waals surface area contributed by atoms with Gasteiger partial charge >= 0.3 is 5.97 Å². The van der Waals surface area contributed by atoms with E-state index in [0.717, 1.165) is 22.4 Å². The minimum Gasteiger partial charge on any atom is -0.475 e. The van der Waals surface area contributed by atoms with Gasteiger partial charge in [-0.25, -0.2) is 14.8 Å². The third-order valence-corrected chi connectivity index (χ3v) is 3.19. The summed E-state index contributed by atoms with van der Waals surface area (Å²) in [5.74, 6) is -0.198. The summed E-state index contributed by atoms with van der Waals surface area (Å²) in [6.07, 6.45) is 1.51. The number of rotatable bonds is 2. The summed E-state index contributed by atoms with van der Waals surface area (Å²) in [6, 6.07) is 5.80. The van der Waals surface area contributed by atoms with E-state index < -0.39 is 5.97 Å². The number of benzene rings is 1. The summed E-state index contributed by atoms with van der Waals surface area (Å²) >= 11 is 0. The number of aromatic carboxylic acids is 1. The zero-order valence-corrected chi connectivity index (χ0v) is 10.5. The first-order valence-electron chi connectivity index (χ1n) is 5.78. The number of H-pyrrole nitrogens is 1. The van der Waals surface area contributed by atoms with E-state index in [0.29, 0.717) is 5.69 Å². The van der Waals surface area contributed by atoms with E-state index in [1.807, 2.05) is 36.7 Å². The molecule has 3 aromatic rings. The molecule has 0 amide bonds. The van der Waals surface area contributed by atoms with Gasteiger partial charge < -0.3 is 14.7 Å². The van der Waals surface area contributed by atoms with Crippen LogP contribution in [-0.2, 0) is 7.05 Å². The second-order valence-electron chi connectivity index (χ2n) is 4.37. The molecule has 2 N–H and O–H groups in total. The van der Waals surface area contributed by atoms with Crippen molar-refractivity contribution in [1.82, 2.24) is 19.5 Å². The summed E-state index contributed by atoms with van der Waals surface area (Å²) in [5, 5.41) is 8.85. The van der Waals surface area contributed by atoms with Crippen LogP contribution in [0.25, 0.3) is 22.3 Å². The van der Waals surface area contributed by atoms with Crippen molar-refractivity contribution in [1.29, 1.82) is 0 Å². The van der Waals surface area contributed by atoms with Crippen LogP contribution in [-0.4, -0.2) is 30.6 Å². The number of imidazole rings is 2. The number of fused-ring (bicyclic) bond motifs is 1. The van der Waals surface area contributed by atoms with Gasteiger partial charge in [-0.05, 0) is 19.1 Å². The van der Waals surface area contributed by atoms with Crippen LogP contribution in [0.5, 0.6) is 0 Å². The van der Waals surface area contributed by atoms with Crippen LogP contribution in [0.2, 0.25) is 0 Å². The maximum Gasteiger partial charge on any atom is 0.371 e. The van der Waals surface area contributed by atoms with Crippen molar-refractivity contribution in [3.8, 4) is 11.3 Å². The van der Waals surface area contributed by atoms with E-state index in [1.165, 1.54) is 6.20 Å². The fraction of sp³-hybridized carbons (Fsp3) is 0.154. The Labute approximate surface area is 108 Å². The molecular formula is C13H12N4O2. The first-order valence-corrected chi connectivity index (χ1v) is 5.78. The number of carboxylic acid groups (broad SMARTS) is 1. The predicted octanol–water partition coefficient (Wildman–Crippen LogP) is 1.97. The summed E-state index contributed by atoms with van der Waals surface area (Å²) in [4.78, 5) is 21.8. The maximum atomic E-state index is 10.8. The van der Waals surface area contributed by atoms with Gasteiger partial charge in [0.2, 0.25) is 5.82 Å². The Bertz CT molecular complexity index is 785. The Hall–Kier alpha value is -2.63. The molecule has 6 heteroatoms. The van der Waals surface area contributed by atoms with Gasteiger partial charge in [-0.15, -0.1) is 0 Å². The zero-order chi connectivity index (χ0) is 13.6. The van der Waals surface area contributed by atoms with Crippen molar-refractivity contribution in [2.24, 2.45) is 7.05 Å². The number of nitrogens with zero attached hydrogens (tertiary/aromatic N) is 3. The van der Waals surface area contributed by atoms with E-state index in [2.05, 4.69) is 15.0 Å². The molecule has 0 aliphatic rings. The van der Waals surface area contributed by atoms with E-state index >= 15 is 0 Å². The first kappa shape index (κ1) is 11.5. The minimum absolute atomic E-state index is 0.0627. The molecule has 0 fully saturated rings. The lowest BCUT2D eigenvalue weighted by atomic mass is 10.1. The summed E-state index contributed by atoms with van der Waals surface area (Å²) in [6.45, 7) is 1.94. The number of nitrogens with one attached hydrogen (secondary N) is 1. The van der Waals surface area contributed by atoms with Crippen LogP contribution in [0.4, 0.5) is 0 Å². The quantitative estimate of drug-likeness (QED) is 0.734. The third-order valence-electron chi connectivity index (χ3n) is 3.19. The molecule has 0 radical (unpaired) electrons. The van der Waals surface area contributed by atoms with Crippen molar-refractivity contribution in [3.63, 3.8) is 0 Å². The topological polar surface area (TPSA) is 83.8 Å². The largest absolute Gasteiger partial charge is 0.475 e. The number of aromatic nitrogens is 4. The Morgan fingerprint density at radius 1 is 1.42 bits per heavy atom. The van der Waals surface area contributed by atoms with Gasteiger partial charge in [0.05, 0.1) is 22.9 Å². The second-order valence-corrected chi connectivity index (χ2v) is 4.37. The van der Waals surface area contributed by atoms with Crippen molar-refractivity contribution >= 4 is 17.0 Å². The molecule has 2 heterocycles. The molecule has 96 valence electrons. The van der Waals surface area contributed by atoms with Crippen molar-refractivity contribution in [2.45, 2.75) is 6.92 Å². The van der Waals surface area contributed by atoms with Gasteiger partial charge in [-0.1, -0.05) is 6.07 Å². The van der Waals surface area contributed by atoms with Gasteiger partial charge in [0.25, 0.3) is 0 Å². The molecule has 0 saturated heterocycles. The molecule has 0 aliphatic heterocycles. The number of carboxylic acids is 1. The van der Waals surface area contributed by atoms with Crippen LogP contribution in [0.3, 0.4) is 0 Å². The normalized spacial score (nSPS) is 11.1. The number of hydrogen-bond acceptors (Lipinski definition) is 3. The van der Waals surface area contributed by atoms with E-state index in [9.17, 15) is 4.79 Å². The Balaban J connectivity index is 2.12. The molecule has 3 rings (SSSR count). The molecule has 0 unspecified atom stereocenters. The van der Waals surface area contributed by atoms with Crippen molar-refractivity contribution in [3.05, 3.63) is 36.0 Å². The highest BCUT2D eigenvalue weighted by Crippen LogP contribution is 2.23. The minimum atomic E-state index is -1.07. The number of carbonyl (C=O) groups is 1. The van der Waals surface area contributed by atoms with E-state index in [4.69, 9.17) is 5.11 Å². The molecule has 0 bridgehead atoms. The molecule has 19 heavy (non-hydrogen) atoms. The maximum absolute atomic E-state index is 10.8. The third kappa shape index (κ3) is 1.77. The second kappa shape index (κ2) is 3.94. The average Bonchev–Trinajstić information content (AvgIpc) is 2.96. The van der Waals surface area contributed by atoms with Crippen LogP contribution >= 0.6 is 0 Å². The van der Waals surface area contributed by atoms with Gasteiger partial charge in [-0.2, -0.15) is 0 Å². The van der Waals surface area contributed by atoms with Crippen LogP contribution in [0.15, 0.2) is 24.4 Å². The lowest BCUT2D eigenvalue weighted by molar-refractivity contribution is 0.0685. The summed E-state index contributed by atoms with van der Waals surface area (Å²) in [5.41, 5.74) is 3.46. The molecule has 1 aromatic carbocycles. The molecular weight excluding hydrogens is 244 g/mol. The fourth-order valence-electron chi connectivity index (χ4n) is 2.06. The molecule has 0 saturated carbocycles. The van der Waals surface area contributed by atoms with Crippen LogP contribution < -0.4 is 0 Å². The lowest BCUT2D eigenvalue weighted by Gasteiger charge is -1.99. The molecule has 6 nitrogen and oxygen atoms in total. The van der Waals surface area contributed by atoms with Gasteiger partial charge in [-0.3, -0.25) is 0 Å². The Morgan fingerprint density at radius 3 is 2.89 bits per heavy atom. The fourth-order valence-corrected chi connectivity index (χ4v) is 2.06. The van der Waals surface area contributed by atoms with Crippen LogP contribution in [0, 0.1) is 6.92 Å². The molecule has 0 aliphatic carbocycles. The standard InChI is InChI=1S/C13H12N4O2/c1-7-15-9-5-8(3-4-11(9)17(7)2)10-6-14-12(16-10)13(18)19/h3-6H,1-2H3,(H,14,16)(H,18,19). The highest BCUT2D eigenvalue weighted by Gasteiger charge is 2.11. The lowest BCUT2D eigenvalue weighted by Crippen LogP contribution is -1.98. The molecule has 0 spiro atoms. The van der Waals surface area contributed by atoms with Gasteiger partial charge in [0.1, 0.15) is 5.82 Å². The highest BCUT2D eigenvalue weighted by atomic mass is 16.4. The summed E-state index contributed by atoms with van der Waals surface area (Å²) < 4.78 is 2.01. The Morgan fingerprint density at radius 2 is 2.21 bits per heavy atom.